The van der Waals surface area contributed by atoms with E-state index in [2.05, 4.69) is 9.82 Å². The number of nitrogens with zero attached hydrogens (tertiary/aromatic N) is 2. The quantitative estimate of drug-likeness (QED) is 0.586. The van der Waals surface area contributed by atoms with Gasteiger partial charge in [-0.1, -0.05) is 0 Å². The molecule has 14 heteroatoms. The van der Waals surface area contributed by atoms with Crippen molar-refractivity contribution in [2.45, 2.75) is 31.7 Å². The molecule has 1 aromatic carbocycles. The third-order valence-corrected chi connectivity index (χ3v) is 6.44. The number of alkyl halides is 6. The molecule has 0 spiro atoms. The third kappa shape index (κ3) is 6.38. The molecule has 1 aromatic heterocycles. The number of ether oxygens (including phenoxy) is 2. The second-order valence-electron chi connectivity index (χ2n) is 7.38. The summed E-state index contributed by atoms with van der Waals surface area (Å²) in [5, 5.41) is 3.07. The van der Waals surface area contributed by atoms with E-state index in [9.17, 15) is 34.8 Å². The lowest BCUT2D eigenvalue weighted by atomic mass is 9.98. The zero-order valence-corrected chi connectivity index (χ0v) is 18.1. The second kappa shape index (κ2) is 9.50. The highest BCUT2D eigenvalue weighted by Crippen LogP contribution is 2.36. The van der Waals surface area contributed by atoms with Crippen LogP contribution in [0.25, 0.3) is 5.69 Å². The topological polar surface area (TPSA) is 82.5 Å². The van der Waals surface area contributed by atoms with Crippen LogP contribution >= 0.6 is 0 Å². The minimum absolute atomic E-state index is 0.0506. The molecule has 0 aliphatic carbocycles. The lowest BCUT2D eigenvalue weighted by Crippen LogP contribution is -2.47. The average molecular weight is 501 g/mol. The first-order valence-corrected chi connectivity index (χ1v) is 11.5. The van der Waals surface area contributed by atoms with E-state index in [1.807, 2.05) is 0 Å². The van der Waals surface area contributed by atoms with Crippen molar-refractivity contribution in [2.75, 3.05) is 25.6 Å². The molecule has 184 valence electrons. The van der Waals surface area contributed by atoms with Crippen molar-refractivity contribution in [1.29, 1.82) is 0 Å². The van der Waals surface area contributed by atoms with Crippen LogP contribution in [0.15, 0.2) is 30.3 Å². The summed E-state index contributed by atoms with van der Waals surface area (Å²) in [6, 6.07) is 4.42. The summed E-state index contributed by atoms with van der Waals surface area (Å²) in [5.41, 5.74) is -3.46. The molecule has 3 rings (SSSR count). The number of rotatable bonds is 7. The summed E-state index contributed by atoms with van der Waals surface area (Å²) < 4.78 is 116. The van der Waals surface area contributed by atoms with Gasteiger partial charge in [-0.05, 0) is 37.6 Å². The van der Waals surface area contributed by atoms with Gasteiger partial charge in [0.2, 0.25) is 10.0 Å². The number of sulfonamides is 1. The summed E-state index contributed by atoms with van der Waals surface area (Å²) in [6.45, 7) is 2.20. The Hall–Kier alpha value is -2.32. The smallest absolute Gasteiger partial charge is 0.435 e. The van der Waals surface area contributed by atoms with Crippen molar-refractivity contribution in [3.63, 3.8) is 0 Å². The summed E-state index contributed by atoms with van der Waals surface area (Å²) in [6.07, 6.45) is -9.63. The van der Waals surface area contributed by atoms with E-state index < -0.39 is 39.8 Å². The largest absolute Gasteiger partial charge is 0.493 e. The molecule has 0 bridgehead atoms. The molecule has 1 fully saturated rings. The van der Waals surface area contributed by atoms with Crippen LogP contribution in [0.5, 0.6) is 5.75 Å². The fourth-order valence-electron chi connectivity index (χ4n) is 3.24. The highest BCUT2D eigenvalue weighted by molar-refractivity contribution is 7.89. The highest BCUT2D eigenvalue weighted by Gasteiger charge is 2.42. The minimum Gasteiger partial charge on any atom is -0.493 e. The molecule has 7 nitrogen and oxygen atoms in total. The number of nitrogens with one attached hydrogen (secondary N) is 1. The molecule has 1 aliphatic heterocycles. The van der Waals surface area contributed by atoms with Crippen LogP contribution in [-0.4, -0.2) is 49.8 Å². The summed E-state index contributed by atoms with van der Waals surface area (Å²) in [5.74, 6) is -0.154. The molecule has 2 atom stereocenters. The maximum absolute atomic E-state index is 13.2. The maximum atomic E-state index is 13.2. The SMILES string of the molecule is CCS(=O)(=O)NC1CCOCC1COc1ccc(-n2nc(C(F)(F)F)cc2C(F)(F)F)cc1. The Balaban J connectivity index is 1.74. The first-order valence-electron chi connectivity index (χ1n) is 9.85. The Labute approximate surface area is 185 Å². The predicted octanol–water partition coefficient (Wildman–Crippen LogP) is 3.63. The van der Waals surface area contributed by atoms with Crippen molar-refractivity contribution >= 4 is 10.0 Å². The lowest BCUT2D eigenvalue weighted by molar-refractivity contribution is -0.143. The Bertz CT molecular complexity index is 1050. The van der Waals surface area contributed by atoms with Crippen LogP contribution in [0, 0.1) is 5.92 Å². The molecule has 1 aliphatic rings. The van der Waals surface area contributed by atoms with E-state index in [1.54, 1.807) is 0 Å². The Morgan fingerprint density at radius 3 is 2.39 bits per heavy atom. The summed E-state index contributed by atoms with van der Waals surface area (Å²) in [4.78, 5) is 0. The molecule has 2 heterocycles. The van der Waals surface area contributed by atoms with Gasteiger partial charge >= 0.3 is 12.4 Å². The Morgan fingerprint density at radius 2 is 1.82 bits per heavy atom. The van der Waals surface area contributed by atoms with Gasteiger partial charge in [0.05, 0.1) is 24.7 Å². The van der Waals surface area contributed by atoms with Crippen LogP contribution in [0.2, 0.25) is 0 Å². The molecular formula is C19H21F6N3O4S. The number of aromatic nitrogens is 2. The maximum Gasteiger partial charge on any atom is 0.435 e. The average Bonchev–Trinajstić information content (AvgIpc) is 3.20. The van der Waals surface area contributed by atoms with Gasteiger partial charge in [-0.25, -0.2) is 17.8 Å². The molecule has 1 N–H and O–H groups in total. The van der Waals surface area contributed by atoms with Crippen LogP contribution < -0.4 is 9.46 Å². The molecule has 33 heavy (non-hydrogen) atoms. The zero-order valence-electron chi connectivity index (χ0n) is 17.3. The first-order chi connectivity index (χ1) is 15.3. The molecule has 2 unspecified atom stereocenters. The van der Waals surface area contributed by atoms with E-state index >= 15 is 0 Å². The van der Waals surface area contributed by atoms with Gasteiger partial charge in [0.1, 0.15) is 11.4 Å². The van der Waals surface area contributed by atoms with Gasteiger partial charge in [0.15, 0.2) is 5.69 Å². The molecule has 0 amide bonds. The van der Waals surface area contributed by atoms with Crippen molar-refractivity contribution in [3.05, 3.63) is 41.7 Å². The van der Waals surface area contributed by atoms with Crippen molar-refractivity contribution in [1.82, 2.24) is 14.5 Å². The highest BCUT2D eigenvalue weighted by atomic mass is 32.2. The number of halogens is 6. The fraction of sp³-hybridized carbons (Fsp3) is 0.526. The fourth-order valence-corrected chi connectivity index (χ4v) is 4.17. The van der Waals surface area contributed by atoms with Gasteiger partial charge in [-0.15, -0.1) is 0 Å². The van der Waals surface area contributed by atoms with Crippen LogP contribution in [0.3, 0.4) is 0 Å². The van der Waals surface area contributed by atoms with Gasteiger partial charge in [-0.3, -0.25) is 0 Å². The van der Waals surface area contributed by atoms with Gasteiger partial charge < -0.3 is 9.47 Å². The van der Waals surface area contributed by atoms with Gasteiger partial charge in [0.25, 0.3) is 0 Å². The van der Waals surface area contributed by atoms with Crippen LogP contribution in [-0.2, 0) is 27.1 Å². The lowest BCUT2D eigenvalue weighted by Gasteiger charge is -2.31. The van der Waals surface area contributed by atoms with Crippen molar-refractivity contribution in [3.8, 4) is 11.4 Å². The third-order valence-electron chi connectivity index (χ3n) is 5.02. The Morgan fingerprint density at radius 1 is 1.15 bits per heavy atom. The van der Waals surface area contributed by atoms with Gasteiger partial charge in [-0.2, -0.15) is 31.4 Å². The monoisotopic (exact) mass is 501 g/mol. The molecular weight excluding hydrogens is 480 g/mol. The summed E-state index contributed by atoms with van der Waals surface area (Å²) >= 11 is 0. The van der Waals surface area contributed by atoms with E-state index in [4.69, 9.17) is 9.47 Å². The van der Waals surface area contributed by atoms with E-state index in [0.717, 1.165) is 12.1 Å². The van der Waals surface area contributed by atoms with E-state index in [-0.39, 0.29) is 47.1 Å². The van der Waals surface area contributed by atoms with Crippen molar-refractivity contribution in [2.24, 2.45) is 5.92 Å². The molecule has 0 saturated carbocycles. The zero-order chi connectivity index (χ0) is 24.4. The molecule has 1 saturated heterocycles. The normalized spacial score (nSPS) is 20.1. The van der Waals surface area contributed by atoms with Crippen molar-refractivity contribution < 1.29 is 44.2 Å². The molecule has 0 radical (unpaired) electrons. The van der Waals surface area contributed by atoms with E-state index in [1.165, 1.54) is 19.1 Å². The number of hydrogen-bond acceptors (Lipinski definition) is 5. The summed E-state index contributed by atoms with van der Waals surface area (Å²) in [7, 11) is -3.44. The van der Waals surface area contributed by atoms with Crippen LogP contribution in [0.1, 0.15) is 24.7 Å². The Kier molecular flexibility index (Phi) is 7.29. The van der Waals surface area contributed by atoms with Crippen LogP contribution in [0.4, 0.5) is 26.3 Å². The second-order valence-corrected chi connectivity index (χ2v) is 9.42. The number of hydrogen-bond donors (Lipinski definition) is 1. The first kappa shape index (κ1) is 25.3. The molecule has 2 aromatic rings. The number of benzene rings is 1. The predicted molar refractivity (Wildman–Crippen MR) is 104 cm³/mol. The van der Waals surface area contributed by atoms with E-state index in [0.29, 0.717) is 13.0 Å². The standard InChI is InChI=1S/C19H21F6N3O4S/c1-2-33(29,30)27-15-7-8-31-10-12(15)11-32-14-5-3-13(4-6-14)28-17(19(23,24)25)9-16(26-28)18(20,21)22/h3-6,9,12,15,27H,2,7-8,10-11H2,1H3. The minimum atomic E-state index is -5.05. The van der Waals surface area contributed by atoms with Gasteiger partial charge in [0, 0.05) is 24.6 Å².